The molecule has 3 N–H and O–H groups in total. The second-order valence-electron chi connectivity index (χ2n) is 5.66. The van der Waals surface area contributed by atoms with Gasteiger partial charge in [0.25, 0.3) is 0 Å². The average Bonchev–Trinajstić information content (AvgIpc) is 2.82. The van der Waals surface area contributed by atoms with Gasteiger partial charge in [-0.1, -0.05) is 0 Å². The number of likely N-dealkylation sites (tertiary alicyclic amines) is 1. The minimum absolute atomic E-state index is 0.252. The number of nitrogens with one attached hydrogen (secondary N) is 1. The molecule has 100 valence electrons. The van der Waals surface area contributed by atoms with Gasteiger partial charge in [-0.25, -0.2) is 4.79 Å². The van der Waals surface area contributed by atoms with Crippen molar-refractivity contribution < 1.29 is 9.53 Å². The monoisotopic (exact) mass is 252 g/mol. The number of anilines is 1. The molecule has 0 bridgehead atoms. The highest BCUT2D eigenvalue weighted by molar-refractivity contribution is 5.68. The predicted molar refractivity (Wildman–Crippen MR) is 68.2 cm³/mol. The van der Waals surface area contributed by atoms with E-state index in [2.05, 4.69) is 10.2 Å². The highest BCUT2D eigenvalue weighted by Gasteiger charge is 2.31. The van der Waals surface area contributed by atoms with E-state index in [1.54, 1.807) is 4.90 Å². The number of hydrogen-bond donors (Lipinski definition) is 2. The molecule has 0 saturated carbocycles. The van der Waals surface area contributed by atoms with Gasteiger partial charge in [-0.2, -0.15) is 5.10 Å². The number of nitrogens with two attached hydrogens (primary N) is 1. The van der Waals surface area contributed by atoms with Crippen molar-refractivity contribution in [2.75, 3.05) is 18.8 Å². The number of aromatic nitrogens is 2. The van der Waals surface area contributed by atoms with Gasteiger partial charge in [0.1, 0.15) is 11.4 Å². The number of rotatable bonds is 1. The Kier molecular flexibility index (Phi) is 3.19. The van der Waals surface area contributed by atoms with Gasteiger partial charge in [0.2, 0.25) is 0 Å². The summed E-state index contributed by atoms with van der Waals surface area (Å²) in [5.74, 6) is 0.753. The maximum Gasteiger partial charge on any atom is 0.410 e. The van der Waals surface area contributed by atoms with E-state index < -0.39 is 5.60 Å². The first-order valence-electron chi connectivity index (χ1n) is 6.14. The van der Waals surface area contributed by atoms with Gasteiger partial charge < -0.3 is 15.4 Å². The fourth-order valence-corrected chi connectivity index (χ4v) is 2.07. The molecule has 1 aromatic heterocycles. The Balaban J connectivity index is 1.94. The van der Waals surface area contributed by atoms with Crippen molar-refractivity contribution in [3.8, 4) is 0 Å². The molecule has 2 rings (SSSR count). The fraction of sp³-hybridized carbons (Fsp3) is 0.667. The molecule has 1 aliphatic rings. The van der Waals surface area contributed by atoms with Crippen molar-refractivity contribution in [3.05, 3.63) is 11.8 Å². The zero-order valence-corrected chi connectivity index (χ0v) is 11.1. The number of hydrogen-bond acceptors (Lipinski definition) is 4. The van der Waals surface area contributed by atoms with Crippen molar-refractivity contribution in [3.63, 3.8) is 0 Å². The summed E-state index contributed by atoms with van der Waals surface area (Å²) < 4.78 is 5.35. The van der Waals surface area contributed by atoms with Crippen LogP contribution in [0.5, 0.6) is 0 Å². The van der Waals surface area contributed by atoms with Crippen molar-refractivity contribution in [2.24, 2.45) is 0 Å². The molecule has 1 fully saturated rings. The summed E-state index contributed by atoms with van der Waals surface area (Å²) in [6.07, 6.45) is 0.651. The third-order valence-corrected chi connectivity index (χ3v) is 2.90. The highest BCUT2D eigenvalue weighted by Crippen LogP contribution is 2.27. The Morgan fingerprint density at radius 2 is 2.33 bits per heavy atom. The van der Waals surface area contributed by atoms with Gasteiger partial charge in [-0.05, 0) is 27.2 Å². The topological polar surface area (TPSA) is 84.2 Å². The van der Waals surface area contributed by atoms with Crippen LogP contribution in [0.4, 0.5) is 10.6 Å². The molecule has 6 heteroatoms. The number of nitrogen functional groups attached to an aromatic ring is 1. The van der Waals surface area contributed by atoms with E-state index >= 15 is 0 Å². The molecule has 18 heavy (non-hydrogen) atoms. The largest absolute Gasteiger partial charge is 0.444 e. The second kappa shape index (κ2) is 4.51. The third kappa shape index (κ3) is 2.94. The van der Waals surface area contributed by atoms with Crippen LogP contribution in [0.15, 0.2) is 6.07 Å². The number of H-pyrrole nitrogens is 1. The first-order chi connectivity index (χ1) is 8.35. The molecule has 1 aliphatic heterocycles. The Morgan fingerprint density at radius 1 is 1.61 bits per heavy atom. The summed E-state index contributed by atoms with van der Waals surface area (Å²) >= 11 is 0. The fourth-order valence-electron chi connectivity index (χ4n) is 2.07. The quantitative estimate of drug-likeness (QED) is 0.797. The second-order valence-corrected chi connectivity index (χ2v) is 5.66. The van der Waals surface area contributed by atoms with Gasteiger partial charge in [0.05, 0.1) is 0 Å². The molecular weight excluding hydrogens is 232 g/mol. The number of carbonyl (C=O) groups is 1. The van der Waals surface area contributed by atoms with Gasteiger partial charge in [0.15, 0.2) is 0 Å². The van der Waals surface area contributed by atoms with Crippen molar-refractivity contribution >= 4 is 11.9 Å². The van der Waals surface area contributed by atoms with Crippen LogP contribution in [-0.2, 0) is 4.74 Å². The van der Waals surface area contributed by atoms with Crippen molar-refractivity contribution in [2.45, 2.75) is 38.7 Å². The molecule has 0 aromatic carbocycles. The number of ether oxygens (including phenoxy) is 1. The normalized spacial score (nSPS) is 20.2. The van der Waals surface area contributed by atoms with E-state index in [1.165, 1.54) is 0 Å². The summed E-state index contributed by atoms with van der Waals surface area (Å²) in [5.41, 5.74) is 6.11. The van der Waals surface area contributed by atoms with E-state index in [0.29, 0.717) is 18.9 Å². The van der Waals surface area contributed by atoms with E-state index in [-0.39, 0.29) is 12.0 Å². The zero-order chi connectivity index (χ0) is 13.3. The average molecular weight is 252 g/mol. The molecule has 0 spiro atoms. The van der Waals surface area contributed by atoms with Crippen LogP contribution in [0.2, 0.25) is 0 Å². The Bertz CT molecular complexity index is 436. The number of carbonyl (C=O) groups excluding carboxylic acids is 1. The van der Waals surface area contributed by atoms with Crippen LogP contribution < -0.4 is 5.73 Å². The summed E-state index contributed by atoms with van der Waals surface area (Å²) in [5, 5.41) is 6.81. The molecule has 0 radical (unpaired) electrons. The van der Waals surface area contributed by atoms with Gasteiger partial charge in [-0.3, -0.25) is 5.10 Å². The van der Waals surface area contributed by atoms with Crippen LogP contribution in [-0.4, -0.2) is 39.9 Å². The van der Waals surface area contributed by atoms with Crippen LogP contribution in [0, 0.1) is 0 Å². The first kappa shape index (κ1) is 12.7. The molecule has 1 saturated heterocycles. The number of amides is 1. The highest BCUT2D eigenvalue weighted by atomic mass is 16.6. The summed E-state index contributed by atoms with van der Waals surface area (Å²) in [4.78, 5) is 13.6. The SMILES string of the molecule is CC(C)(C)OC(=O)N1CCC(c2cc(N)n[nH]2)C1. The van der Waals surface area contributed by atoms with Crippen molar-refractivity contribution in [1.82, 2.24) is 15.1 Å². The molecular formula is C12H20N4O2. The Morgan fingerprint density at radius 3 is 2.89 bits per heavy atom. The molecule has 6 nitrogen and oxygen atoms in total. The zero-order valence-electron chi connectivity index (χ0n) is 11.1. The predicted octanol–water partition coefficient (Wildman–Crippen LogP) is 1.72. The Hall–Kier alpha value is -1.72. The first-order valence-corrected chi connectivity index (χ1v) is 6.14. The molecule has 0 aliphatic carbocycles. The maximum absolute atomic E-state index is 11.9. The molecule has 1 amide bonds. The lowest BCUT2D eigenvalue weighted by atomic mass is 10.1. The van der Waals surface area contributed by atoms with E-state index in [1.807, 2.05) is 26.8 Å². The van der Waals surface area contributed by atoms with Crippen molar-refractivity contribution in [1.29, 1.82) is 0 Å². The van der Waals surface area contributed by atoms with E-state index in [9.17, 15) is 4.79 Å². The van der Waals surface area contributed by atoms with Crippen LogP contribution in [0.1, 0.15) is 38.8 Å². The lowest BCUT2D eigenvalue weighted by Gasteiger charge is -2.24. The lowest BCUT2D eigenvalue weighted by molar-refractivity contribution is 0.0292. The molecule has 1 atom stereocenters. The van der Waals surface area contributed by atoms with Gasteiger partial charge >= 0.3 is 6.09 Å². The molecule has 1 unspecified atom stereocenters. The summed E-state index contributed by atoms with van der Waals surface area (Å²) in [6, 6.07) is 1.82. The third-order valence-electron chi connectivity index (χ3n) is 2.90. The van der Waals surface area contributed by atoms with Gasteiger partial charge in [0, 0.05) is 30.8 Å². The standard InChI is InChI=1S/C12H20N4O2/c1-12(2,3)18-11(17)16-5-4-8(7-16)9-6-10(13)15-14-9/h6,8H,4-5,7H2,1-3H3,(H3,13,14,15). The maximum atomic E-state index is 11.9. The Labute approximate surface area is 106 Å². The van der Waals surface area contributed by atoms with Crippen LogP contribution in [0.3, 0.4) is 0 Å². The minimum atomic E-state index is -0.451. The smallest absolute Gasteiger partial charge is 0.410 e. The van der Waals surface area contributed by atoms with Crippen LogP contribution in [0.25, 0.3) is 0 Å². The number of nitrogens with zero attached hydrogens (tertiary/aromatic N) is 2. The summed E-state index contributed by atoms with van der Waals surface area (Å²) in [6.45, 7) is 6.96. The molecule has 1 aromatic rings. The van der Waals surface area contributed by atoms with E-state index in [4.69, 9.17) is 10.5 Å². The minimum Gasteiger partial charge on any atom is -0.444 e. The number of aromatic amines is 1. The van der Waals surface area contributed by atoms with Gasteiger partial charge in [-0.15, -0.1) is 0 Å². The molecule has 2 heterocycles. The van der Waals surface area contributed by atoms with Crippen LogP contribution >= 0.6 is 0 Å². The lowest BCUT2D eigenvalue weighted by Crippen LogP contribution is -2.35. The van der Waals surface area contributed by atoms with E-state index in [0.717, 1.165) is 12.1 Å². The summed E-state index contributed by atoms with van der Waals surface area (Å²) in [7, 11) is 0.